The zero-order valence-corrected chi connectivity index (χ0v) is 18.5. The first-order chi connectivity index (χ1) is 14.2. The number of nitrogen functional groups attached to an aromatic ring is 1. The molecule has 0 spiro atoms. The largest absolute Gasteiger partial charge is 0.450 e. The van der Waals surface area contributed by atoms with Gasteiger partial charge in [-0.05, 0) is 19.1 Å². The third-order valence-corrected chi connectivity index (χ3v) is 6.94. The van der Waals surface area contributed by atoms with Crippen molar-refractivity contribution in [2.75, 3.05) is 31.3 Å². The molecule has 0 radical (unpaired) electrons. The van der Waals surface area contributed by atoms with E-state index in [4.69, 9.17) is 5.84 Å². The number of carbonyl (C=O) groups is 2. The number of carbonyl (C=O) groups excluding carboxylic acids is 2. The van der Waals surface area contributed by atoms with Crippen LogP contribution in [0.4, 0.5) is 4.79 Å². The van der Waals surface area contributed by atoms with Crippen molar-refractivity contribution in [2.24, 2.45) is 0 Å². The molecule has 164 valence electrons. The summed E-state index contributed by atoms with van der Waals surface area (Å²) in [5.41, 5.74) is 0.459. The molecule has 0 aliphatic rings. The maximum atomic E-state index is 12.7. The van der Waals surface area contributed by atoms with Crippen molar-refractivity contribution in [1.82, 2.24) is 24.5 Å². The number of nitrogens with one attached hydrogen (secondary N) is 1. The van der Waals surface area contributed by atoms with Crippen molar-refractivity contribution in [3.63, 3.8) is 0 Å². The first-order valence-electron chi connectivity index (χ1n) is 9.15. The zero-order valence-electron chi connectivity index (χ0n) is 16.9. The quantitative estimate of drug-likeness (QED) is 0.417. The molecule has 11 nitrogen and oxygen atoms in total. The van der Waals surface area contributed by atoms with E-state index in [1.54, 1.807) is 32.9 Å². The molecule has 0 aliphatic carbocycles. The highest BCUT2D eigenvalue weighted by molar-refractivity contribution is 7.99. The van der Waals surface area contributed by atoms with Gasteiger partial charge in [-0.2, -0.15) is 4.31 Å². The topological polar surface area (TPSA) is 150 Å². The van der Waals surface area contributed by atoms with Gasteiger partial charge in [0.2, 0.25) is 21.1 Å². The van der Waals surface area contributed by atoms with Crippen LogP contribution in [0.2, 0.25) is 0 Å². The molecule has 0 unspecified atom stereocenters. The number of ether oxygens (including phenoxy) is 1. The number of amides is 2. The molecule has 13 heteroatoms. The normalized spacial score (nSPS) is 11.5. The van der Waals surface area contributed by atoms with Crippen LogP contribution in [0, 0.1) is 0 Å². The lowest BCUT2D eigenvalue weighted by molar-refractivity contribution is -0.117. The zero-order chi connectivity index (χ0) is 22.3. The Kier molecular flexibility index (Phi) is 8.20. The standard InChI is InChI=1S/C17H24N6O5S2/c1-4-22(5-2)30(26,27)13-9-7-8-12(10-13)15-20-21-16(23(15)18)29-11-14(24)19-17(25)28-6-3/h7-10H,4-6,11,18H2,1-3H3,(H,19,24,25). The summed E-state index contributed by atoms with van der Waals surface area (Å²) in [5, 5.41) is 10.2. The van der Waals surface area contributed by atoms with Gasteiger partial charge in [-0.15, -0.1) is 10.2 Å². The molecule has 2 aromatic rings. The number of alkyl carbamates (subject to hydrolysis) is 1. The van der Waals surface area contributed by atoms with Gasteiger partial charge >= 0.3 is 6.09 Å². The first kappa shape index (κ1) is 23.6. The van der Waals surface area contributed by atoms with Crippen LogP contribution in [-0.4, -0.2) is 65.0 Å². The lowest BCUT2D eigenvalue weighted by atomic mass is 10.2. The number of nitrogens with zero attached hydrogens (tertiary/aromatic N) is 4. The van der Waals surface area contributed by atoms with Crippen LogP contribution in [0.3, 0.4) is 0 Å². The maximum Gasteiger partial charge on any atom is 0.413 e. The molecular weight excluding hydrogens is 432 g/mol. The summed E-state index contributed by atoms with van der Waals surface area (Å²) >= 11 is 0.971. The van der Waals surface area contributed by atoms with E-state index in [1.807, 2.05) is 0 Å². The number of aromatic nitrogens is 3. The van der Waals surface area contributed by atoms with Crippen molar-refractivity contribution in [3.8, 4) is 11.4 Å². The molecule has 0 fully saturated rings. The summed E-state index contributed by atoms with van der Waals surface area (Å²) in [7, 11) is -3.64. The van der Waals surface area contributed by atoms with Gasteiger partial charge in [-0.1, -0.05) is 37.7 Å². The Labute approximate surface area is 179 Å². The minimum absolute atomic E-state index is 0.120. The van der Waals surface area contributed by atoms with Crippen LogP contribution in [-0.2, 0) is 19.6 Å². The van der Waals surface area contributed by atoms with E-state index in [2.05, 4.69) is 20.3 Å². The highest BCUT2D eigenvalue weighted by Gasteiger charge is 2.23. The van der Waals surface area contributed by atoms with Crippen molar-refractivity contribution < 1.29 is 22.7 Å². The van der Waals surface area contributed by atoms with E-state index in [9.17, 15) is 18.0 Å². The number of benzene rings is 1. The Balaban J connectivity index is 2.18. The van der Waals surface area contributed by atoms with Gasteiger partial charge in [-0.3, -0.25) is 10.1 Å². The molecule has 2 amide bonds. The van der Waals surface area contributed by atoms with Gasteiger partial charge < -0.3 is 10.6 Å². The fourth-order valence-corrected chi connectivity index (χ4v) is 4.69. The summed E-state index contributed by atoms with van der Waals surface area (Å²) in [6.07, 6.45) is -0.829. The van der Waals surface area contributed by atoms with Gasteiger partial charge in [0.15, 0.2) is 5.82 Å². The minimum atomic E-state index is -3.64. The van der Waals surface area contributed by atoms with Crippen LogP contribution in [0.15, 0.2) is 34.3 Å². The molecule has 1 heterocycles. The maximum absolute atomic E-state index is 12.7. The van der Waals surface area contributed by atoms with Crippen LogP contribution >= 0.6 is 11.8 Å². The number of sulfonamides is 1. The van der Waals surface area contributed by atoms with Crippen LogP contribution in [0.5, 0.6) is 0 Å². The third-order valence-electron chi connectivity index (χ3n) is 3.95. The van der Waals surface area contributed by atoms with Crippen molar-refractivity contribution in [2.45, 2.75) is 30.8 Å². The Hall–Kier alpha value is -2.64. The Bertz CT molecular complexity index is 1000. The minimum Gasteiger partial charge on any atom is -0.450 e. The predicted molar refractivity (Wildman–Crippen MR) is 112 cm³/mol. The monoisotopic (exact) mass is 456 g/mol. The van der Waals surface area contributed by atoms with E-state index in [-0.39, 0.29) is 28.2 Å². The molecule has 0 aliphatic heterocycles. The number of thioether (sulfide) groups is 1. The van der Waals surface area contributed by atoms with E-state index < -0.39 is 22.0 Å². The molecule has 1 aromatic heterocycles. The lowest BCUT2D eigenvalue weighted by Gasteiger charge is -2.18. The number of rotatable bonds is 9. The van der Waals surface area contributed by atoms with Crippen molar-refractivity contribution in [3.05, 3.63) is 24.3 Å². The average molecular weight is 457 g/mol. The number of hydrogen-bond donors (Lipinski definition) is 2. The Morgan fingerprint density at radius 1 is 1.23 bits per heavy atom. The number of hydrogen-bond acceptors (Lipinski definition) is 9. The summed E-state index contributed by atoms with van der Waals surface area (Å²) in [6.45, 7) is 6.01. The van der Waals surface area contributed by atoms with Gasteiger partial charge in [0.25, 0.3) is 0 Å². The van der Waals surface area contributed by atoms with Gasteiger partial charge in [0, 0.05) is 18.7 Å². The molecule has 3 N–H and O–H groups in total. The van der Waals surface area contributed by atoms with Gasteiger partial charge in [0.05, 0.1) is 17.3 Å². The van der Waals surface area contributed by atoms with E-state index in [0.717, 1.165) is 16.4 Å². The molecule has 0 atom stereocenters. The summed E-state index contributed by atoms with van der Waals surface area (Å²) in [5.74, 6) is 5.56. The molecule has 0 saturated heterocycles. The smallest absolute Gasteiger partial charge is 0.413 e. The summed E-state index contributed by atoms with van der Waals surface area (Å²) < 4.78 is 32.6. The molecular formula is C17H24N6O5S2. The predicted octanol–water partition coefficient (Wildman–Crippen LogP) is 1.05. The summed E-state index contributed by atoms with van der Waals surface area (Å²) in [6, 6.07) is 6.24. The second-order valence-electron chi connectivity index (χ2n) is 5.85. The third kappa shape index (κ3) is 5.49. The van der Waals surface area contributed by atoms with Crippen molar-refractivity contribution in [1.29, 1.82) is 0 Å². The van der Waals surface area contributed by atoms with E-state index >= 15 is 0 Å². The van der Waals surface area contributed by atoms with E-state index in [0.29, 0.717) is 18.7 Å². The molecule has 0 bridgehead atoms. The average Bonchev–Trinajstić information content (AvgIpc) is 3.08. The fourth-order valence-electron chi connectivity index (χ4n) is 2.53. The highest BCUT2D eigenvalue weighted by Crippen LogP contribution is 2.25. The molecule has 1 aromatic carbocycles. The fraction of sp³-hybridized carbons (Fsp3) is 0.412. The van der Waals surface area contributed by atoms with Crippen molar-refractivity contribution >= 4 is 33.8 Å². The molecule has 0 saturated carbocycles. The van der Waals surface area contributed by atoms with Crippen LogP contribution in [0.25, 0.3) is 11.4 Å². The van der Waals surface area contributed by atoms with Gasteiger partial charge in [0.1, 0.15) is 0 Å². The van der Waals surface area contributed by atoms with Gasteiger partial charge in [-0.25, -0.2) is 17.9 Å². The number of nitrogens with two attached hydrogens (primary N) is 1. The number of imide groups is 1. The summed E-state index contributed by atoms with van der Waals surface area (Å²) in [4.78, 5) is 23.1. The van der Waals surface area contributed by atoms with Crippen LogP contribution < -0.4 is 11.2 Å². The SMILES string of the molecule is CCOC(=O)NC(=O)CSc1nnc(-c2cccc(S(=O)(=O)N(CC)CC)c2)n1N. The molecule has 2 rings (SSSR count). The Morgan fingerprint density at radius 3 is 2.57 bits per heavy atom. The lowest BCUT2D eigenvalue weighted by Crippen LogP contribution is -2.32. The second kappa shape index (κ2) is 10.4. The first-order valence-corrected chi connectivity index (χ1v) is 11.6. The van der Waals surface area contributed by atoms with Crippen LogP contribution in [0.1, 0.15) is 20.8 Å². The van der Waals surface area contributed by atoms with E-state index in [1.165, 1.54) is 16.4 Å². The highest BCUT2D eigenvalue weighted by atomic mass is 32.2. The molecule has 30 heavy (non-hydrogen) atoms. The Morgan fingerprint density at radius 2 is 1.93 bits per heavy atom. The second-order valence-corrected chi connectivity index (χ2v) is 8.73.